The van der Waals surface area contributed by atoms with Crippen LogP contribution in [0.2, 0.25) is 0 Å². The van der Waals surface area contributed by atoms with Crippen molar-refractivity contribution < 1.29 is 19.4 Å². The molecule has 1 N–H and O–H groups in total. The van der Waals surface area contributed by atoms with Gasteiger partial charge in [0.25, 0.3) is 0 Å². The molecule has 0 aliphatic carbocycles. The molecule has 5 heteroatoms. The fourth-order valence-electron chi connectivity index (χ4n) is 2.74. The number of hydrogen-bond donors (Lipinski definition) is 1. The zero-order chi connectivity index (χ0) is 12.4. The average molecular weight is 241 g/mol. The molecule has 0 spiro atoms. The number of aliphatic carboxylic acids is 1. The number of nitrogens with zero attached hydrogens (tertiary/aromatic N) is 1. The molecular weight excluding hydrogens is 222 g/mol. The van der Waals surface area contributed by atoms with Gasteiger partial charge in [-0.2, -0.15) is 0 Å². The van der Waals surface area contributed by atoms with E-state index in [0.29, 0.717) is 32.4 Å². The van der Waals surface area contributed by atoms with E-state index in [4.69, 9.17) is 9.84 Å². The van der Waals surface area contributed by atoms with E-state index < -0.39 is 12.0 Å². The molecule has 2 saturated heterocycles. The molecule has 2 fully saturated rings. The van der Waals surface area contributed by atoms with E-state index in [1.54, 1.807) is 4.90 Å². The van der Waals surface area contributed by atoms with Gasteiger partial charge in [0.05, 0.1) is 6.10 Å². The maximum absolute atomic E-state index is 12.3. The van der Waals surface area contributed by atoms with Gasteiger partial charge in [-0.1, -0.05) is 0 Å². The molecule has 2 aliphatic rings. The fourth-order valence-corrected chi connectivity index (χ4v) is 2.74. The van der Waals surface area contributed by atoms with Crippen molar-refractivity contribution in [2.75, 3.05) is 13.2 Å². The molecule has 17 heavy (non-hydrogen) atoms. The minimum absolute atomic E-state index is 0.00468. The van der Waals surface area contributed by atoms with Crippen molar-refractivity contribution in [2.45, 2.75) is 44.8 Å². The summed E-state index contributed by atoms with van der Waals surface area (Å²) in [6.45, 7) is 3.14. The standard InChI is InChI=1S/C12H19NO4/c1-8-7-9(4-6-17-8)11(14)13-5-2-3-10(13)12(15)16/h8-10H,2-7H2,1H3,(H,15,16)/t8?,9?,10-/m0/s1. The monoisotopic (exact) mass is 241 g/mol. The number of carbonyl (C=O) groups excluding carboxylic acids is 1. The smallest absolute Gasteiger partial charge is 0.326 e. The Kier molecular flexibility index (Phi) is 3.66. The lowest BCUT2D eigenvalue weighted by Crippen LogP contribution is -2.45. The Bertz CT molecular complexity index is 318. The SMILES string of the molecule is CC1CC(C(=O)N2CCC[C@H]2C(=O)O)CCO1. The number of likely N-dealkylation sites (tertiary alicyclic amines) is 1. The van der Waals surface area contributed by atoms with Crippen LogP contribution in [0.5, 0.6) is 0 Å². The number of amides is 1. The van der Waals surface area contributed by atoms with Crippen molar-refractivity contribution in [3.63, 3.8) is 0 Å². The molecule has 1 amide bonds. The number of rotatable bonds is 2. The van der Waals surface area contributed by atoms with Crippen LogP contribution in [0.25, 0.3) is 0 Å². The van der Waals surface area contributed by atoms with Crippen LogP contribution in [0.1, 0.15) is 32.6 Å². The summed E-state index contributed by atoms with van der Waals surface area (Å²) in [5.41, 5.74) is 0. The van der Waals surface area contributed by atoms with Crippen LogP contribution < -0.4 is 0 Å². The largest absolute Gasteiger partial charge is 0.480 e. The molecule has 96 valence electrons. The predicted octanol–water partition coefficient (Wildman–Crippen LogP) is 0.877. The summed E-state index contributed by atoms with van der Waals surface area (Å²) in [6.07, 6.45) is 2.90. The van der Waals surface area contributed by atoms with Crippen LogP contribution in [-0.2, 0) is 14.3 Å². The Morgan fingerprint density at radius 1 is 1.35 bits per heavy atom. The summed E-state index contributed by atoms with van der Waals surface area (Å²) in [5.74, 6) is -0.931. The summed E-state index contributed by atoms with van der Waals surface area (Å²) in [7, 11) is 0. The Balaban J connectivity index is 2.01. The second kappa shape index (κ2) is 5.04. The van der Waals surface area contributed by atoms with E-state index in [0.717, 1.165) is 6.42 Å². The lowest BCUT2D eigenvalue weighted by atomic mass is 9.94. The molecule has 0 aromatic carbocycles. The minimum Gasteiger partial charge on any atom is -0.480 e. The van der Waals surface area contributed by atoms with Crippen LogP contribution >= 0.6 is 0 Å². The van der Waals surface area contributed by atoms with Gasteiger partial charge < -0.3 is 14.7 Å². The average Bonchev–Trinajstić information content (AvgIpc) is 2.77. The highest BCUT2D eigenvalue weighted by Crippen LogP contribution is 2.26. The van der Waals surface area contributed by atoms with E-state index in [1.807, 2.05) is 6.92 Å². The lowest BCUT2D eigenvalue weighted by molar-refractivity contribution is -0.152. The second-order valence-corrected chi connectivity index (χ2v) is 4.93. The zero-order valence-corrected chi connectivity index (χ0v) is 10.1. The van der Waals surface area contributed by atoms with E-state index in [9.17, 15) is 9.59 Å². The first-order valence-electron chi connectivity index (χ1n) is 6.24. The number of carbonyl (C=O) groups is 2. The van der Waals surface area contributed by atoms with Crippen molar-refractivity contribution in [3.8, 4) is 0 Å². The first kappa shape index (κ1) is 12.4. The van der Waals surface area contributed by atoms with Crippen molar-refractivity contribution in [1.29, 1.82) is 0 Å². The third-order valence-corrected chi connectivity index (χ3v) is 3.66. The van der Waals surface area contributed by atoms with Gasteiger partial charge in [0.1, 0.15) is 6.04 Å². The third-order valence-electron chi connectivity index (χ3n) is 3.66. The van der Waals surface area contributed by atoms with E-state index >= 15 is 0 Å². The summed E-state index contributed by atoms with van der Waals surface area (Å²) < 4.78 is 5.41. The summed E-state index contributed by atoms with van der Waals surface area (Å²) in [6, 6.07) is -0.611. The molecule has 2 aliphatic heterocycles. The van der Waals surface area contributed by atoms with Gasteiger partial charge in [-0.15, -0.1) is 0 Å². The van der Waals surface area contributed by atoms with Gasteiger partial charge in [0.2, 0.25) is 5.91 Å². The first-order valence-corrected chi connectivity index (χ1v) is 6.24. The molecule has 2 unspecified atom stereocenters. The van der Waals surface area contributed by atoms with Gasteiger partial charge in [0.15, 0.2) is 0 Å². The Labute approximate surface area is 101 Å². The number of ether oxygens (including phenoxy) is 1. The van der Waals surface area contributed by atoms with E-state index in [2.05, 4.69) is 0 Å². The number of hydrogen-bond acceptors (Lipinski definition) is 3. The molecule has 0 aromatic rings. The molecule has 0 aromatic heterocycles. The van der Waals surface area contributed by atoms with Crippen molar-refractivity contribution in [1.82, 2.24) is 4.90 Å². The maximum atomic E-state index is 12.3. The zero-order valence-electron chi connectivity index (χ0n) is 10.1. The molecular formula is C12H19NO4. The van der Waals surface area contributed by atoms with Crippen LogP contribution in [-0.4, -0.2) is 47.2 Å². The van der Waals surface area contributed by atoms with Gasteiger partial charge in [-0.3, -0.25) is 4.79 Å². The molecule has 5 nitrogen and oxygen atoms in total. The maximum Gasteiger partial charge on any atom is 0.326 e. The number of carboxylic acids is 1. The third kappa shape index (κ3) is 2.60. The molecule has 0 saturated carbocycles. The predicted molar refractivity (Wildman–Crippen MR) is 60.5 cm³/mol. The van der Waals surface area contributed by atoms with Crippen LogP contribution in [0.15, 0.2) is 0 Å². The molecule has 3 atom stereocenters. The molecule has 0 radical (unpaired) electrons. The van der Waals surface area contributed by atoms with Gasteiger partial charge in [-0.05, 0) is 32.6 Å². The van der Waals surface area contributed by atoms with Crippen molar-refractivity contribution in [3.05, 3.63) is 0 Å². The van der Waals surface area contributed by atoms with E-state index in [1.165, 1.54) is 0 Å². The Morgan fingerprint density at radius 2 is 2.12 bits per heavy atom. The second-order valence-electron chi connectivity index (χ2n) is 4.93. The van der Waals surface area contributed by atoms with Gasteiger partial charge in [0, 0.05) is 19.1 Å². The van der Waals surface area contributed by atoms with E-state index in [-0.39, 0.29) is 17.9 Å². The van der Waals surface area contributed by atoms with Gasteiger partial charge >= 0.3 is 5.97 Å². The first-order chi connectivity index (χ1) is 8.09. The lowest BCUT2D eigenvalue weighted by Gasteiger charge is -2.31. The topological polar surface area (TPSA) is 66.8 Å². The normalized spacial score (nSPS) is 33.7. The van der Waals surface area contributed by atoms with Crippen molar-refractivity contribution in [2.24, 2.45) is 5.92 Å². The fraction of sp³-hybridized carbons (Fsp3) is 0.833. The highest BCUT2D eigenvalue weighted by molar-refractivity contribution is 5.85. The Hall–Kier alpha value is -1.10. The van der Waals surface area contributed by atoms with Crippen LogP contribution in [0, 0.1) is 5.92 Å². The molecule has 2 heterocycles. The molecule has 2 rings (SSSR count). The minimum atomic E-state index is -0.879. The van der Waals surface area contributed by atoms with Crippen LogP contribution in [0.4, 0.5) is 0 Å². The quantitative estimate of drug-likeness (QED) is 0.779. The highest BCUT2D eigenvalue weighted by atomic mass is 16.5. The van der Waals surface area contributed by atoms with Crippen molar-refractivity contribution >= 4 is 11.9 Å². The Morgan fingerprint density at radius 3 is 2.76 bits per heavy atom. The van der Waals surface area contributed by atoms with Gasteiger partial charge in [-0.25, -0.2) is 4.79 Å². The number of carboxylic acid groups (broad SMARTS) is 1. The molecule has 0 bridgehead atoms. The summed E-state index contributed by atoms with van der Waals surface area (Å²) in [5, 5.41) is 9.06. The highest BCUT2D eigenvalue weighted by Gasteiger charge is 2.38. The summed E-state index contributed by atoms with van der Waals surface area (Å²) >= 11 is 0. The van der Waals surface area contributed by atoms with Crippen LogP contribution in [0.3, 0.4) is 0 Å². The summed E-state index contributed by atoms with van der Waals surface area (Å²) in [4.78, 5) is 24.9.